The SMILES string of the molecule is Nc1ncnc2[nH]nc(-n3ccc4cc(F)cc(O)c43)c12. The summed E-state index contributed by atoms with van der Waals surface area (Å²) in [7, 11) is 0. The highest BCUT2D eigenvalue weighted by Gasteiger charge is 2.16. The van der Waals surface area contributed by atoms with Gasteiger partial charge in [0.05, 0.1) is 5.52 Å². The van der Waals surface area contributed by atoms with Gasteiger partial charge in [-0.15, -0.1) is 0 Å². The van der Waals surface area contributed by atoms with Crippen LogP contribution >= 0.6 is 0 Å². The summed E-state index contributed by atoms with van der Waals surface area (Å²) in [5.74, 6) is 0.0289. The number of nitrogen functional groups attached to an aromatic ring is 1. The quantitative estimate of drug-likeness (QED) is 0.493. The third-order valence-corrected chi connectivity index (χ3v) is 3.32. The number of hydrogen-bond acceptors (Lipinski definition) is 5. The molecule has 0 aliphatic heterocycles. The number of fused-ring (bicyclic) bond motifs is 2. The van der Waals surface area contributed by atoms with Gasteiger partial charge in [-0.1, -0.05) is 0 Å². The van der Waals surface area contributed by atoms with Crippen LogP contribution in [0.2, 0.25) is 0 Å². The van der Waals surface area contributed by atoms with E-state index in [1.54, 1.807) is 16.8 Å². The van der Waals surface area contributed by atoms with E-state index in [2.05, 4.69) is 20.2 Å². The van der Waals surface area contributed by atoms with Gasteiger partial charge in [-0.05, 0) is 12.1 Å². The van der Waals surface area contributed by atoms with Crippen molar-refractivity contribution in [1.82, 2.24) is 24.7 Å². The molecule has 0 radical (unpaired) electrons. The lowest BCUT2D eigenvalue weighted by Gasteiger charge is -2.05. The molecule has 0 saturated carbocycles. The second-order valence-corrected chi connectivity index (χ2v) is 4.58. The molecule has 0 amide bonds. The molecule has 4 N–H and O–H groups in total. The number of H-pyrrole nitrogens is 1. The number of aromatic amines is 1. The van der Waals surface area contributed by atoms with E-state index in [0.717, 1.165) is 6.07 Å². The van der Waals surface area contributed by atoms with Crippen LogP contribution in [0, 0.1) is 5.82 Å². The number of nitrogens with one attached hydrogen (secondary N) is 1. The van der Waals surface area contributed by atoms with Crippen LogP contribution in [-0.4, -0.2) is 29.8 Å². The maximum absolute atomic E-state index is 13.3. The first-order chi connectivity index (χ1) is 10.1. The van der Waals surface area contributed by atoms with Crippen LogP contribution in [0.1, 0.15) is 0 Å². The molecule has 0 aliphatic rings. The average molecular weight is 284 g/mol. The fraction of sp³-hybridized carbons (Fsp3) is 0. The Morgan fingerprint density at radius 2 is 2.14 bits per heavy atom. The Morgan fingerprint density at radius 1 is 1.29 bits per heavy atom. The fourth-order valence-electron chi connectivity index (χ4n) is 2.44. The van der Waals surface area contributed by atoms with E-state index in [-0.39, 0.29) is 11.6 Å². The fourth-order valence-corrected chi connectivity index (χ4v) is 2.44. The third kappa shape index (κ3) is 1.55. The Bertz CT molecular complexity index is 989. The van der Waals surface area contributed by atoms with Gasteiger partial charge < -0.3 is 10.8 Å². The first kappa shape index (κ1) is 11.6. The Hall–Kier alpha value is -3.16. The van der Waals surface area contributed by atoms with E-state index >= 15 is 0 Å². The number of nitrogens with zero attached hydrogens (tertiary/aromatic N) is 4. The molecule has 4 aromatic rings. The molecular weight excluding hydrogens is 275 g/mol. The first-order valence-corrected chi connectivity index (χ1v) is 6.09. The number of aromatic hydroxyl groups is 1. The topological polar surface area (TPSA) is 106 Å². The molecule has 0 spiro atoms. The minimum absolute atomic E-state index is 0.179. The Kier molecular flexibility index (Phi) is 2.17. The van der Waals surface area contributed by atoms with E-state index in [1.165, 1.54) is 12.4 Å². The number of halogens is 1. The maximum atomic E-state index is 13.3. The van der Waals surface area contributed by atoms with Gasteiger partial charge in [-0.25, -0.2) is 14.4 Å². The zero-order valence-electron chi connectivity index (χ0n) is 10.6. The summed E-state index contributed by atoms with van der Waals surface area (Å²) >= 11 is 0. The first-order valence-electron chi connectivity index (χ1n) is 6.09. The highest BCUT2D eigenvalue weighted by Crippen LogP contribution is 2.31. The number of anilines is 1. The number of nitrogens with two attached hydrogens (primary N) is 1. The second-order valence-electron chi connectivity index (χ2n) is 4.58. The summed E-state index contributed by atoms with van der Waals surface area (Å²) in [4.78, 5) is 7.98. The van der Waals surface area contributed by atoms with Gasteiger partial charge in [0.2, 0.25) is 0 Å². The average Bonchev–Trinajstić information content (AvgIpc) is 3.02. The van der Waals surface area contributed by atoms with Crippen molar-refractivity contribution in [1.29, 1.82) is 0 Å². The number of rotatable bonds is 1. The Morgan fingerprint density at radius 3 is 3.00 bits per heavy atom. The van der Waals surface area contributed by atoms with Crippen molar-refractivity contribution in [2.75, 3.05) is 5.73 Å². The van der Waals surface area contributed by atoms with Gasteiger partial charge in [0, 0.05) is 17.6 Å². The Balaban J connectivity index is 2.10. The molecule has 1 aromatic carbocycles. The van der Waals surface area contributed by atoms with Crippen molar-refractivity contribution in [2.45, 2.75) is 0 Å². The van der Waals surface area contributed by atoms with Gasteiger partial charge in [0.25, 0.3) is 0 Å². The summed E-state index contributed by atoms with van der Waals surface area (Å²) in [6, 6.07) is 4.06. The number of hydrogen-bond donors (Lipinski definition) is 3. The lowest BCUT2D eigenvalue weighted by atomic mass is 10.2. The van der Waals surface area contributed by atoms with Gasteiger partial charge in [0.1, 0.15) is 29.1 Å². The van der Waals surface area contributed by atoms with Crippen molar-refractivity contribution in [3.8, 4) is 11.6 Å². The van der Waals surface area contributed by atoms with Crippen molar-refractivity contribution < 1.29 is 9.50 Å². The van der Waals surface area contributed by atoms with Crippen molar-refractivity contribution in [3.63, 3.8) is 0 Å². The van der Waals surface area contributed by atoms with Crippen LogP contribution in [0.3, 0.4) is 0 Å². The van der Waals surface area contributed by atoms with Gasteiger partial charge in [-0.3, -0.25) is 9.67 Å². The predicted octanol–water partition coefficient (Wildman–Crippen LogP) is 1.72. The summed E-state index contributed by atoms with van der Waals surface area (Å²) in [6.07, 6.45) is 3.01. The van der Waals surface area contributed by atoms with Gasteiger partial charge in [0.15, 0.2) is 11.5 Å². The molecule has 0 atom stereocenters. The van der Waals surface area contributed by atoms with Gasteiger partial charge in [-0.2, -0.15) is 5.10 Å². The summed E-state index contributed by atoms with van der Waals surface area (Å²) in [6.45, 7) is 0. The zero-order valence-corrected chi connectivity index (χ0v) is 10.6. The molecule has 0 saturated heterocycles. The smallest absolute Gasteiger partial charge is 0.172 e. The monoisotopic (exact) mass is 284 g/mol. The normalized spacial score (nSPS) is 11.5. The molecule has 21 heavy (non-hydrogen) atoms. The van der Waals surface area contributed by atoms with Crippen LogP contribution in [0.15, 0.2) is 30.7 Å². The van der Waals surface area contributed by atoms with E-state index in [0.29, 0.717) is 27.8 Å². The second kappa shape index (κ2) is 3.92. The van der Waals surface area contributed by atoms with Crippen LogP contribution < -0.4 is 5.73 Å². The van der Waals surface area contributed by atoms with E-state index < -0.39 is 5.82 Å². The molecule has 3 heterocycles. The molecule has 8 heteroatoms. The minimum atomic E-state index is -0.507. The molecule has 4 rings (SSSR count). The number of aromatic nitrogens is 5. The zero-order chi connectivity index (χ0) is 14.6. The third-order valence-electron chi connectivity index (χ3n) is 3.32. The molecule has 0 unspecified atom stereocenters. The van der Waals surface area contributed by atoms with Crippen molar-refractivity contribution in [3.05, 3.63) is 36.5 Å². The molecule has 0 bridgehead atoms. The molecule has 0 fully saturated rings. The molecule has 7 nitrogen and oxygen atoms in total. The summed E-state index contributed by atoms with van der Waals surface area (Å²) < 4.78 is 14.9. The van der Waals surface area contributed by atoms with Gasteiger partial charge >= 0.3 is 0 Å². The lowest BCUT2D eigenvalue weighted by molar-refractivity contribution is 0.474. The maximum Gasteiger partial charge on any atom is 0.172 e. The standard InChI is InChI=1S/C13H9FN6O/c14-7-3-6-1-2-20(10(6)8(21)4-7)13-9-11(15)16-5-17-12(9)18-19-13/h1-5,21H,(H3,15,16,17,18,19). The number of phenols is 1. The molecule has 104 valence electrons. The van der Waals surface area contributed by atoms with E-state index in [4.69, 9.17) is 5.73 Å². The van der Waals surface area contributed by atoms with E-state index in [1.807, 2.05) is 0 Å². The largest absolute Gasteiger partial charge is 0.506 e. The Labute approximate surface area is 116 Å². The minimum Gasteiger partial charge on any atom is -0.506 e. The van der Waals surface area contributed by atoms with Crippen LogP contribution in [-0.2, 0) is 0 Å². The highest BCUT2D eigenvalue weighted by atomic mass is 19.1. The van der Waals surface area contributed by atoms with Crippen molar-refractivity contribution >= 4 is 27.8 Å². The molecule has 0 aliphatic carbocycles. The van der Waals surface area contributed by atoms with Crippen LogP contribution in [0.25, 0.3) is 27.8 Å². The van der Waals surface area contributed by atoms with Crippen LogP contribution in [0.5, 0.6) is 5.75 Å². The lowest BCUT2D eigenvalue weighted by Crippen LogP contribution is -1.97. The molecule has 3 aromatic heterocycles. The summed E-state index contributed by atoms with van der Waals surface area (Å²) in [5.41, 5.74) is 6.79. The van der Waals surface area contributed by atoms with E-state index in [9.17, 15) is 9.50 Å². The number of phenolic OH excluding ortho intramolecular Hbond substituents is 1. The van der Waals surface area contributed by atoms with Crippen molar-refractivity contribution in [2.24, 2.45) is 0 Å². The number of benzene rings is 1. The predicted molar refractivity (Wildman–Crippen MR) is 74.6 cm³/mol. The molecular formula is C13H9FN6O. The summed E-state index contributed by atoms with van der Waals surface area (Å²) in [5, 5.41) is 18.0. The highest BCUT2D eigenvalue weighted by molar-refractivity contribution is 5.95. The van der Waals surface area contributed by atoms with Crippen LogP contribution in [0.4, 0.5) is 10.2 Å².